The van der Waals surface area contributed by atoms with Gasteiger partial charge in [-0.1, -0.05) is 29.8 Å². The molecule has 3 heterocycles. The van der Waals surface area contributed by atoms with Gasteiger partial charge in [-0.05, 0) is 50.4 Å². The van der Waals surface area contributed by atoms with Gasteiger partial charge in [-0.2, -0.15) is 0 Å². The van der Waals surface area contributed by atoms with Gasteiger partial charge in [-0.15, -0.1) is 0 Å². The Labute approximate surface area is 149 Å². The quantitative estimate of drug-likeness (QED) is 0.855. The molecule has 4 nitrogen and oxygen atoms in total. The molecule has 1 amide bonds. The maximum Gasteiger partial charge on any atom is 0.239 e. The molecule has 0 aliphatic carbocycles. The minimum Gasteiger partial charge on any atom is -0.469 e. The average molecular weight is 338 g/mol. The fourth-order valence-electron chi connectivity index (χ4n) is 4.27. The van der Waals surface area contributed by atoms with E-state index in [9.17, 15) is 4.79 Å². The predicted molar refractivity (Wildman–Crippen MR) is 97.3 cm³/mol. The highest BCUT2D eigenvalue weighted by atomic mass is 16.3. The third-order valence-corrected chi connectivity index (χ3v) is 5.56. The van der Waals surface area contributed by atoms with Crippen LogP contribution in [0, 0.1) is 6.92 Å². The number of benzene rings is 1. The number of carbonyl (C=O) groups is 1. The van der Waals surface area contributed by atoms with Crippen LogP contribution in [0.25, 0.3) is 0 Å². The van der Waals surface area contributed by atoms with Crippen LogP contribution in [0.15, 0.2) is 47.1 Å². The van der Waals surface area contributed by atoms with Crippen LogP contribution < -0.4 is 0 Å². The van der Waals surface area contributed by atoms with Crippen molar-refractivity contribution in [3.8, 4) is 0 Å². The zero-order valence-corrected chi connectivity index (χ0v) is 14.9. The van der Waals surface area contributed by atoms with E-state index in [0.717, 1.165) is 51.2 Å². The fourth-order valence-corrected chi connectivity index (χ4v) is 4.27. The molecule has 1 aromatic carbocycles. The van der Waals surface area contributed by atoms with Crippen molar-refractivity contribution in [2.24, 2.45) is 0 Å². The Hall–Kier alpha value is -2.07. The van der Waals surface area contributed by atoms with Crippen molar-refractivity contribution in [1.82, 2.24) is 9.80 Å². The molecule has 0 spiro atoms. The van der Waals surface area contributed by atoms with Crippen molar-refractivity contribution in [2.45, 2.75) is 44.7 Å². The molecule has 2 aliphatic rings. The fraction of sp³-hybridized carbons (Fsp3) is 0.476. The molecule has 1 aromatic heterocycles. The standard InChI is InChI=1S/C21H26N2O2/c1-16-5-2-6-17(13-16)14-22-10-3-7-19(22)21(24)23-11-9-18(15-23)20-8-4-12-25-20/h2,4-6,8,12-13,18-19H,3,7,9-11,14-15H2,1H3. The second-order valence-electron chi connectivity index (χ2n) is 7.40. The lowest BCUT2D eigenvalue weighted by Gasteiger charge is -2.28. The molecule has 2 atom stereocenters. The summed E-state index contributed by atoms with van der Waals surface area (Å²) >= 11 is 0. The number of amides is 1. The van der Waals surface area contributed by atoms with Gasteiger partial charge in [-0.3, -0.25) is 9.69 Å². The number of aryl methyl sites for hydroxylation is 1. The molecule has 2 fully saturated rings. The van der Waals surface area contributed by atoms with Crippen molar-refractivity contribution in [2.75, 3.05) is 19.6 Å². The van der Waals surface area contributed by atoms with E-state index in [1.54, 1.807) is 6.26 Å². The number of likely N-dealkylation sites (tertiary alicyclic amines) is 2. The minimum absolute atomic E-state index is 0.0378. The summed E-state index contributed by atoms with van der Waals surface area (Å²) in [4.78, 5) is 17.5. The lowest BCUT2D eigenvalue weighted by Crippen LogP contribution is -2.44. The van der Waals surface area contributed by atoms with Crippen LogP contribution in [0.3, 0.4) is 0 Å². The first kappa shape index (κ1) is 16.4. The molecule has 132 valence electrons. The van der Waals surface area contributed by atoms with Crippen molar-refractivity contribution in [3.63, 3.8) is 0 Å². The Morgan fingerprint density at radius 3 is 2.92 bits per heavy atom. The highest BCUT2D eigenvalue weighted by Crippen LogP contribution is 2.30. The zero-order chi connectivity index (χ0) is 17.2. The molecule has 0 N–H and O–H groups in total. The van der Waals surface area contributed by atoms with Crippen molar-refractivity contribution in [3.05, 3.63) is 59.5 Å². The average Bonchev–Trinajstić information content (AvgIpc) is 3.35. The van der Waals surface area contributed by atoms with Gasteiger partial charge in [0.1, 0.15) is 5.76 Å². The van der Waals surface area contributed by atoms with Crippen LogP contribution in [0.5, 0.6) is 0 Å². The number of hydrogen-bond acceptors (Lipinski definition) is 3. The van der Waals surface area contributed by atoms with E-state index in [1.165, 1.54) is 11.1 Å². The van der Waals surface area contributed by atoms with Gasteiger partial charge >= 0.3 is 0 Å². The first-order chi connectivity index (χ1) is 12.2. The van der Waals surface area contributed by atoms with E-state index in [4.69, 9.17) is 4.42 Å². The van der Waals surface area contributed by atoms with Crippen LogP contribution in [-0.2, 0) is 11.3 Å². The van der Waals surface area contributed by atoms with Gasteiger partial charge < -0.3 is 9.32 Å². The third-order valence-electron chi connectivity index (χ3n) is 5.56. The Morgan fingerprint density at radius 1 is 1.20 bits per heavy atom. The van der Waals surface area contributed by atoms with Crippen LogP contribution in [0.2, 0.25) is 0 Å². The van der Waals surface area contributed by atoms with Crippen LogP contribution in [0.4, 0.5) is 0 Å². The summed E-state index contributed by atoms with van der Waals surface area (Å²) < 4.78 is 5.53. The molecule has 2 aromatic rings. The van der Waals surface area contributed by atoms with Gasteiger partial charge in [-0.25, -0.2) is 0 Å². The lowest BCUT2D eigenvalue weighted by molar-refractivity contribution is -0.135. The summed E-state index contributed by atoms with van der Waals surface area (Å²) in [6, 6.07) is 12.6. The van der Waals surface area contributed by atoms with Gasteiger partial charge in [0.2, 0.25) is 5.91 Å². The summed E-state index contributed by atoms with van der Waals surface area (Å²) in [5, 5.41) is 0. The molecule has 0 saturated carbocycles. The van der Waals surface area contributed by atoms with Crippen molar-refractivity contribution < 1.29 is 9.21 Å². The van der Waals surface area contributed by atoms with E-state index in [-0.39, 0.29) is 6.04 Å². The van der Waals surface area contributed by atoms with E-state index >= 15 is 0 Å². The molecule has 2 saturated heterocycles. The van der Waals surface area contributed by atoms with Gasteiger partial charge in [0.25, 0.3) is 0 Å². The number of carbonyl (C=O) groups excluding carboxylic acids is 1. The van der Waals surface area contributed by atoms with Gasteiger partial charge in [0, 0.05) is 25.6 Å². The lowest BCUT2D eigenvalue weighted by atomic mass is 10.1. The minimum atomic E-state index is 0.0378. The Morgan fingerprint density at radius 2 is 2.12 bits per heavy atom. The molecule has 25 heavy (non-hydrogen) atoms. The molecule has 4 heteroatoms. The van der Waals surface area contributed by atoms with E-state index in [0.29, 0.717) is 11.8 Å². The largest absolute Gasteiger partial charge is 0.469 e. The Bertz CT molecular complexity index is 725. The third kappa shape index (κ3) is 3.49. The highest BCUT2D eigenvalue weighted by molar-refractivity contribution is 5.82. The normalized spacial score (nSPS) is 24.1. The molecule has 0 bridgehead atoms. The maximum atomic E-state index is 13.1. The van der Waals surface area contributed by atoms with Gasteiger partial charge in [0.05, 0.1) is 12.3 Å². The molecular formula is C21H26N2O2. The van der Waals surface area contributed by atoms with E-state index in [1.807, 2.05) is 17.0 Å². The first-order valence-electron chi connectivity index (χ1n) is 9.32. The van der Waals surface area contributed by atoms with Crippen molar-refractivity contribution >= 4 is 5.91 Å². The SMILES string of the molecule is Cc1cccc(CN2CCCC2C(=O)N2CCC(c3ccco3)C2)c1. The molecule has 2 unspecified atom stereocenters. The Balaban J connectivity index is 1.41. The monoisotopic (exact) mass is 338 g/mol. The van der Waals surface area contributed by atoms with Crippen LogP contribution in [0.1, 0.15) is 42.1 Å². The zero-order valence-electron chi connectivity index (χ0n) is 14.9. The maximum absolute atomic E-state index is 13.1. The number of nitrogens with zero attached hydrogens (tertiary/aromatic N) is 2. The summed E-state index contributed by atoms with van der Waals surface area (Å²) in [5.74, 6) is 1.67. The molecule has 2 aliphatic heterocycles. The first-order valence-corrected chi connectivity index (χ1v) is 9.32. The van der Waals surface area contributed by atoms with E-state index in [2.05, 4.69) is 36.1 Å². The van der Waals surface area contributed by atoms with Crippen LogP contribution >= 0.6 is 0 Å². The smallest absolute Gasteiger partial charge is 0.239 e. The number of furan rings is 1. The van der Waals surface area contributed by atoms with Crippen LogP contribution in [-0.4, -0.2) is 41.4 Å². The Kier molecular flexibility index (Phi) is 4.62. The van der Waals surface area contributed by atoms with Crippen molar-refractivity contribution in [1.29, 1.82) is 0 Å². The van der Waals surface area contributed by atoms with Gasteiger partial charge in [0.15, 0.2) is 0 Å². The summed E-state index contributed by atoms with van der Waals surface area (Å²) in [6.45, 7) is 5.64. The highest BCUT2D eigenvalue weighted by Gasteiger charge is 2.37. The number of rotatable bonds is 4. The van der Waals surface area contributed by atoms with E-state index < -0.39 is 0 Å². The summed E-state index contributed by atoms with van der Waals surface area (Å²) in [7, 11) is 0. The number of hydrogen-bond donors (Lipinski definition) is 0. The predicted octanol–water partition coefficient (Wildman–Crippen LogP) is 3.57. The second kappa shape index (κ2) is 7.04. The summed E-state index contributed by atoms with van der Waals surface area (Å²) in [5.41, 5.74) is 2.58. The second-order valence-corrected chi connectivity index (χ2v) is 7.40. The molecule has 4 rings (SSSR count). The summed E-state index contributed by atoms with van der Waals surface area (Å²) in [6.07, 6.45) is 4.81. The topological polar surface area (TPSA) is 36.7 Å². The molecule has 0 radical (unpaired) electrons. The molecular weight excluding hydrogens is 312 g/mol.